The van der Waals surface area contributed by atoms with Crippen molar-refractivity contribution in [3.63, 3.8) is 0 Å². The summed E-state index contributed by atoms with van der Waals surface area (Å²) in [5.41, 5.74) is 0. The van der Waals surface area contributed by atoms with Crippen molar-refractivity contribution in [3.8, 4) is 0 Å². The van der Waals surface area contributed by atoms with Crippen molar-refractivity contribution >= 4 is 23.8 Å². The fourth-order valence-corrected chi connectivity index (χ4v) is 9.25. The lowest BCUT2D eigenvalue weighted by Gasteiger charge is -2.37. The monoisotopic (exact) mass is 934 g/mol. The van der Waals surface area contributed by atoms with Crippen molar-refractivity contribution in [1.82, 2.24) is 24.5 Å². The first kappa shape index (κ1) is 61.8. The summed E-state index contributed by atoms with van der Waals surface area (Å²) in [7, 11) is 0. The molecule has 0 aliphatic carbocycles. The van der Waals surface area contributed by atoms with Gasteiger partial charge in [-0.25, -0.2) is 0 Å². The van der Waals surface area contributed by atoms with E-state index < -0.39 is 5.97 Å². The molecule has 0 spiro atoms. The molecule has 1 rings (SSSR count). The van der Waals surface area contributed by atoms with E-state index in [0.29, 0.717) is 71.7 Å². The summed E-state index contributed by atoms with van der Waals surface area (Å²) in [6.07, 6.45) is 34.6. The van der Waals surface area contributed by atoms with Gasteiger partial charge in [0.15, 0.2) is 0 Å². The second-order valence-corrected chi connectivity index (χ2v) is 19.9. The minimum Gasteiger partial charge on any atom is -0.481 e. The van der Waals surface area contributed by atoms with E-state index in [9.17, 15) is 24.3 Å². The van der Waals surface area contributed by atoms with Gasteiger partial charge in [-0.15, -0.1) is 0 Å². The number of carbonyl (C=O) groups is 4. The number of carboxylic acid groups (broad SMARTS) is 1. The Morgan fingerprint density at radius 3 is 1.24 bits per heavy atom. The summed E-state index contributed by atoms with van der Waals surface area (Å²) in [6, 6.07) is 0. The maximum absolute atomic E-state index is 14.0. The SMILES string of the molecule is CCCCCCCCCN(CCCC(=O)OCCCCC)CCN(CCCCCCCCC)CC(=O)N1CCN(C(=O)CN(CCCCCCCCC)CCC(CCCCC)C(=O)O)CC1. The van der Waals surface area contributed by atoms with E-state index in [2.05, 4.69) is 49.3 Å². The van der Waals surface area contributed by atoms with E-state index in [4.69, 9.17) is 4.74 Å². The standard InChI is InChI=1S/C55H107N5O6/c1-6-11-16-19-22-25-29-37-56(40-33-35-54(63)66-48-32-15-10-5)42-43-58(39-31-27-24-21-18-13-8-3)50-53(62)60-46-44-59(45-47-60)52(61)49-57(38-30-26-23-20-17-12-7-2)41-36-51(55(64)65)34-28-14-9-4/h51H,6-50H2,1-5H3,(H,64,65). The van der Waals surface area contributed by atoms with Crippen LogP contribution in [-0.2, 0) is 23.9 Å². The third-order valence-electron chi connectivity index (χ3n) is 13.8. The number of piperazine rings is 1. The number of esters is 1. The molecule has 1 fully saturated rings. The number of hydrogen-bond acceptors (Lipinski definition) is 8. The molecule has 1 N–H and O–H groups in total. The average Bonchev–Trinajstić information content (AvgIpc) is 3.31. The van der Waals surface area contributed by atoms with Crippen LogP contribution >= 0.6 is 0 Å². The second-order valence-electron chi connectivity index (χ2n) is 19.9. The molecule has 0 aromatic heterocycles. The molecule has 1 aliphatic rings. The number of carboxylic acids is 1. The summed E-state index contributed by atoms with van der Waals surface area (Å²) in [6.45, 7) is 20.4. The van der Waals surface area contributed by atoms with Gasteiger partial charge in [-0.3, -0.25) is 29.0 Å². The third-order valence-corrected chi connectivity index (χ3v) is 13.8. The van der Waals surface area contributed by atoms with Gasteiger partial charge in [-0.1, -0.05) is 182 Å². The molecule has 0 aromatic rings. The summed E-state index contributed by atoms with van der Waals surface area (Å²) in [5, 5.41) is 9.96. The van der Waals surface area contributed by atoms with Crippen molar-refractivity contribution in [2.75, 3.05) is 91.7 Å². The van der Waals surface area contributed by atoms with Crippen LogP contribution in [0.25, 0.3) is 0 Å². The van der Waals surface area contributed by atoms with E-state index in [-0.39, 0.29) is 23.7 Å². The highest BCUT2D eigenvalue weighted by Crippen LogP contribution is 2.17. The molecule has 1 unspecified atom stereocenters. The topological polar surface area (TPSA) is 114 Å². The van der Waals surface area contributed by atoms with Crippen molar-refractivity contribution in [3.05, 3.63) is 0 Å². The quantitative estimate of drug-likeness (QED) is 0.0471. The Morgan fingerprint density at radius 1 is 0.424 bits per heavy atom. The number of aliphatic carboxylic acids is 1. The summed E-state index contributed by atoms with van der Waals surface area (Å²) in [4.78, 5) is 63.4. The average molecular weight is 934 g/mol. The molecule has 388 valence electrons. The van der Waals surface area contributed by atoms with Gasteiger partial charge in [-0.05, 0) is 77.7 Å². The Morgan fingerprint density at radius 2 is 0.788 bits per heavy atom. The first-order valence-electron chi connectivity index (χ1n) is 28.3. The van der Waals surface area contributed by atoms with Crippen molar-refractivity contribution in [1.29, 1.82) is 0 Å². The molecule has 11 heteroatoms. The normalized spacial score (nSPS) is 13.6. The van der Waals surface area contributed by atoms with E-state index in [0.717, 1.165) is 110 Å². The van der Waals surface area contributed by atoms with Crippen LogP contribution in [0.1, 0.15) is 234 Å². The predicted molar refractivity (Wildman–Crippen MR) is 276 cm³/mol. The predicted octanol–water partition coefficient (Wildman–Crippen LogP) is 12.0. The van der Waals surface area contributed by atoms with Gasteiger partial charge in [0.2, 0.25) is 11.8 Å². The molecule has 1 heterocycles. The lowest BCUT2D eigenvalue weighted by Crippen LogP contribution is -2.54. The largest absolute Gasteiger partial charge is 0.481 e. The summed E-state index contributed by atoms with van der Waals surface area (Å²) in [5.74, 6) is -0.931. The smallest absolute Gasteiger partial charge is 0.306 e. The van der Waals surface area contributed by atoms with Crippen LogP contribution in [0.5, 0.6) is 0 Å². The Balaban J connectivity index is 2.90. The van der Waals surface area contributed by atoms with Gasteiger partial charge >= 0.3 is 11.9 Å². The highest BCUT2D eigenvalue weighted by molar-refractivity contribution is 5.80. The van der Waals surface area contributed by atoms with E-state index in [1.165, 1.54) is 109 Å². The molecule has 0 bridgehead atoms. The number of unbranched alkanes of at least 4 members (excludes halogenated alkanes) is 22. The maximum atomic E-state index is 14.0. The fraction of sp³-hybridized carbons (Fsp3) is 0.927. The molecule has 2 amide bonds. The maximum Gasteiger partial charge on any atom is 0.306 e. The van der Waals surface area contributed by atoms with Crippen LogP contribution in [0.4, 0.5) is 0 Å². The van der Waals surface area contributed by atoms with Gasteiger partial charge in [-0.2, -0.15) is 0 Å². The number of carbonyl (C=O) groups excluding carboxylic acids is 3. The summed E-state index contributed by atoms with van der Waals surface area (Å²) >= 11 is 0. The van der Waals surface area contributed by atoms with Crippen LogP contribution in [0.2, 0.25) is 0 Å². The van der Waals surface area contributed by atoms with Gasteiger partial charge < -0.3 is 24.5 Å². The highest BCUT2D eigenvalue weighted by atomic mass is 16.5. The fourth-order valence-electron chi connectivity index (χ4n) is 9.25. The van der Waals surface area contributed by atoms with E-state index in [1.54, 1.807) is 0 Å². The molecule has 11 nitrogen and oxygen atoms in total. The van der Waals surface area contributed by atoms with Crippen LogP contribution in [-0.4, -0.2) is 145 Å². The van der Waals surface area contributed by atoms with Crippen LogP contribution in [0.15, 0.2) is 0 Å². The number of hydrogen-bond donors (Lipinski definition) is 1. The molecule has 1 atom stereocenters. The van der Waals surface area contributed by atoms with Gasteiger partial charge in [0.05, 0.1) is 25.6 Å². The Hall–Kier alpha value is -2.24. The van der Waals surface area contributed by atoms with Gasteiger partial charge in [0, 0.05) is 45.7 Å². The zero-order chi connectivity index (χ0) is 48.3. The van der Waals surface area contributed by atoms with Gasteiger partial charge in [0.25, 0.3) is 0 Å². The number of amides is 2. The van der Waals surface area contributed by atoms with Crippen LogP contribution in [0.3, 0.4) is 0 Å². The number of nitrogens with zero attached hydrogens (tertiary/aromatic N) is 5. The molecular weight excluding hydrogens is 827 g/mol. The molecule has 66 heavy (non-hydrogen) atoms. The van der Waals surface area contributed by atoms with E-state index >= 15 is 0 Å². The zero-order valence-electron chi connectivity index (χ0n) is 44.1. The second kappa shape index (κ2) is 44.0. The molecule has 0 radical (unpaired) electrons. The molecule has 0 saturated carbocycles. The Bertz CT molecular complexity index is 1170. The lowest BCUT2D eigenvalue weighted by atomic mass is 9.97. The molecule has 1 aliphatic heterocycles. The summed E-state index contributed by atoms with van der Waals surface area (Å²) < 4.78 is 5.51. The third kappa shape index (κ3) is 34.1. The van der Waals surface area contributed by atoms with E-state index in [1.807, 2.05) is 9.80 Å². The van der Waals surface area contributed by atoms with Crippen molar-refractivity contribution in [2.45, 2.75) is 234 Å². The number of ether oxygens (including phenoxy) is 1. The first-order valence-corrected chi connectivity index (χ1v) is 28.3. The van der Waals surface area contributed by atoms with Crippen LogP contribution < -0.4 is 0 Å². The Labute approximate surface area is 407 Å². The van der Waals surface area contributed by atoms with Crippen molar-refractivity contribution < 1.29 is 29.0 Å². The first-order chi connectivity index (χ1) is 32.2. The van der Waals surface area contributed by atoms with Crippen molar-refractivity contribution in [2.24, 2.45) is 5.92 Å². The zero-order valence-corrected chi connectivity index (χ0v) is 44.1. The number of rotatable bonds is 47. The lowest BCUT2D eigenvalue weighted by molar-refractivity contribution is -0.144. The molecule has 0 aromatic carbocycles. The minimum absolute atomic E-state index is 0.0854. The van der Waals surface area contributed by atoms with Gasteiger partial charge in [0.1, 0.15) is 0 Å². The molecular formula is C55H107N5O6. The minimum atomic E-state index is -0.720. The molecule has 1 saturated heterocycles. The highest BCUT2D eigenvalue weighted by Gasteiger charge is 2.27. The van der Waals surface area contributed by atoms with Crippen LogP contribution in [0, 0.1) is 5.92 Å². The Kier molecular flexibility index (Phi) is 41.2.